The van der Waals surface area contributed by atoms with Crippen molar-refractivity contribution < 1.29 is 28.7 Å². The smallest absolute Gasteiger partial charge is 0.343 e. The molecule has 1 N–H and O–H groups in total. The van der Waals surface area contributed by atoms with Gasteiger partial charge in [-0.15, -0.1) is 0 Å². The van der Waals surface area contributed by atoms with E-state index < -0.39 is 22.9 Å². The van der Waals surface area contributed by atoms with Gasteiger partial charge >= 0.3 is 5.97 Å². The van der Waals surface area contributed by atoms with Gasteiger partial charge in [0.2, 0.25) is 0 Å². The molecule has 0 spiro atoms. The van der Waals surface area contributed by atoms with Gasteiger partial charge in [0.05, 0.1) is 23.8 Å². The Labute approximate surface area is 208 Å². The lowest BCUT2D eigenvalue weighted by Crippen LogP contribution is -2.33. The third-order valence-corrected chi connectivity index (χ3v) is 5.10. The first-order chi connectivity index (χ1) is 16.8. The number of esters is 1. The number of halogens is 1. The normalized spacial score (nSPS) is 11.5. The highest BCUT2D eigenvalue weighted by molar-refractivity contribution is 9.10. The van der Waals surface area contributed by atoms with Gasteiger partial charge in [-0.3, -0.25) is 14.9 Å². The molecule has 1 amide bonds. The lowest BCUT2D eigenvalue weighted by molar-refractivity contribution is -0.384. The zero-order valence-electron chi connectivity index (χ0n) is 18.6. The van der Waals surface area contributed by atoms with E-state index in [-0.39, 0.29) is 11.4 Å². The molecule has 35 heavy (non-hydrogen) atoms. The molecular formula is C24H20BrN3O7. The van der Waals surface area contributed by atoms with Crippen LogP contribution in [0.3, 0.4) is 0 Å². The average Bonchev–Trinajstić information content (AvgIpc) is 2.85. The van der Waals surface area contributed by atoms with Gasteiger partial charge in [0.15, 0.2) is 6.10 Å². The fourth-order valence-corrected chi connectivity index (χ4v) is 3.14. The SMILES string of the molecule is COc1ccc(C(=O)Oc2ccc(Br)cc2C=NNC(=O)C(C)Oc2ccc([N+](=O)[O-])cc2)cc1. The van der Waals surface area contributed by atoms with Crippen LogP contribution in [0.2, 0.25) is 0 Å². The summed E-state index contributed by atoms with van der Waals surface area (Å²) in [6.45, 7) is 1.51. The summed E-state index contributed by atoms with van der Waals surface area (Å²) in [5.41, 5.74) is 3.04. The van der Waals surface area contributed by atoms with Crippen molar-refractivity contribution in [2.24, 2.45) is 5.10 Å². The monoisotopic (exact) mass is 541 g/mol. The van der Waals surface area contributed by atoms with Gasteiger partial charge < -0.3 is 14.2 Å². The number of ether oxygens (including phenoxy) is 3. The predicted octanol–water partition coefficient (Wildman–Crippen LogP) is 4.50. The van der Waals surface area contributed by atoms with E-state index in [9.17, 15) is 19.7 Å². The molecule has 0 aliphatic rings. The second-order valence-electron chi connectivity index (χ2n) is 7.05. The van der Waals surface area contributed by atoms with Crippen molar-refractivity contribution in [1.29, 1.82) is 0 Å². The van der Waals surface area contributed by atoms with Crippen LogP contribution in [0.15, 0.2) is 76.3 Å². The summed E-state index contributed by atoms with van der Waals surface area (Å²) in [4.78, 5) is 35.0. The van der Waals surface area contributed by atoms with Crippen LogP contribution in [0.4, 0.5) is 5.69 Å². The quantitative estimate of drug-likeness (QED) is 0.139. The van der Waals surface area contributed by atoms with E-state index in [0.29, 0.717) is 27.1 Å². The Kier molecular flexibility index (Phi) is 8.52. The van der Waals surface area contributed by atoms with Gasteiger partial charge in [-0.1, -0.05) is 15.9 Å². The molecule has 1 atom stereocenters. The Morgan fingerprint density at radius 2 is 1.71 bits per heavy atom. The molecule has 3 rings (SSSR count). The van der Waals surface area contributed by atoms with E-state index in [0.717, 1.165) is 0 Å². The van der Waals surface area contributed by atoms with E-state index in [1.54, 1.807) is 42.5 Å². The fraction of sp³-hybridized carbons (Fsp3) is 0.125. The molecular weight excluding hydrogens is 522 g/mol. The van der Waals surface area contributed by atoms with Crippen LogP contribution < -0.4 is 19.6 Å². The van der Waals surface area contributed by atoms with Crippen molar-refractivity contribution in [1.82, 2.24) is 5.43 Å². The highest BCUT2D eigenvalue weighted by Gasteiger charge is 2.16. The van der Waals surface area contributed by atoms with E-state index >= 15 is 0 Å². The molecule has 0 aromatic heterocycles. The van der Waals surface area contributed by atoms with Crippen molar-refractivity contribution in [3.8, 4) is 17.2 Å². The van der Waals surface area contributed by atoms with E-state index in [1.807, 2.05) is 0 Å². The molecule has 3 aromatic rings. The number of benzene rings is 3. The number of hydrogen-bond donors (Lipinski definition) is 1. The van der Waals surface area contributed by atoms with Crippen molar-refractivity contribution in [2.45, 2.75) is 13.0 Å². The first kappa shape index (κ1) is 25.4. The molecule has 11 heteroatoms. The molecule has 0 bridgehead atoms. The summed E-state index contributed by atoms with van der Waals surface area (Å²) in [6, 6.07) is 16.8. The highest BCUT2D eigenvalue weighted by Crippen LogP contribution is 2.23. The number of hydrogen-bond acceptors (Lipinski definition) is 8. The summed E-state index contributed by atoms with van der Waals surface area (Å²) in [7, 11) is 1.53. The molecule has 0 radical (unpaired) electrons. The third-order valence-electron chi connectivity index (χ3n) is 4.61. The van der Waals surface area contributed by atoms with E-state index in [4.69, 9.17) is 14.2 Å². The molecule has 0 aliphatic heterocycles. The highest BCUT2D eigenvalue weighted by atomic mass is 79.9. The Hall–Kier alpha value is -4.25. The minimum Gasteiger partial charge on any atom is -0.497 e. The number of methoxy groups -OCH3 is 1. The number of nitro groups is 1. The summed E-state index contributed by atoms with van der Waals surface area (Å²) < 4.78 is 16.8. The van der Waals surface area contributed by atoms with Crippen LogP contribution in [0.25, 0.3) is 0 Å². The van der Waals surface area contributed by atoms with Gasteiger partial charge in [0.1, 0.15) is 17.2 Å². The third kappa shape index (κ3) is 7.11. The standard InChI is InChI=1S/C24H20BrN3O7/c1-15(34-21-10-6-19(7-11-21)28(31)32)23(29)27-26-14-17-13-18(25)5-12-22(17)35-24(30)16-3-8-20(33-2)9-4-16/h3-15H,1-2H3,(H,27,29). The minimum atomic E-state index is -0.927. The van der Waals surface area contributed by atoms with Crippen molar-refractivity contribution >= 4 is 39.7 Å². The molecule has 0 fully saturated rings. The number of hydrazone groups is 1. The Morgan fingerprint density at radius 3 is 2.34 bits per heavy atom. The van der Waals surface area contributed by atoms with E-state index in [2.05, 4.69) is 26.5 Å². The molecule has 1 unspecified atom stereocenters. The first-order valence-electron chi connectivity index (χ1n) is 10.2. The van der Waals surface area contributed by atoms with Crippen molar-refractivity contribution in [3.63, 3.8) is 0 Å². The number of carbonyl (C=O) groups is 2. The van der Waals surface area contributed by atoms with Crippen LogP contribution in [0, 0.1) is 10.1 Å². The van der Waals surface area contributed by atoms with E-state index in [1.165, 1.54) is 44.5 Å². The summed E-state index contributed by atoms with van der Waals surface area (Å²) in [6.07, 6.45) is 0.404. The summed E-state index contributed by atoms with van der Waals surface area (Å²) in [5, 5.41) is 14.7. The molecule has 0 saturated heterocycles. The average molecular weight is 542 g/mol. The van der Waals surface area contributed by atoms with Crippen molar-refractivity contribution in [3.05, 3.63) is 92.4 Å². The number of amides is 1. The van der Waals surface area contributed by atoms with Crippen LogP contribution >= 0.6 is 15.9 Å². The van der Waals surface area contributed by atoms with Crippen LogP contribution in [0.1, 0.15) is 22.8 Å². The second kappa shape index (κ2) is 11.7. The number of nitrogens with one attached hydrogen (secondary N) is 1. The Morgan fingerprint density at radius 1 is 1.06 bits per heavy atom. The lowest BCUT2D eigenvalue weighted by Gasteiger charge is -2.12. The first-order valence-corrected chi connectivity index (χ1v) is 11.0. The van der Waals surface area contributed by atoms with Gasteiger partial charge in [0.25, 0.3) is 11.6 Å². The largest absolute Gasteiger partial charge is 0.497 e. The number of non-ortho nitro benzene ring substituents is 1. The Balaban J connectivity index is 1.63. The predicted molar refractivity (Wildman–Crippen MR) is 131 cm³/mol. The number of rotatable bonds is 9. The van der Waals surface area contributed by atoms with Crippen LogP contribution in [-0.4, -0.2) is 36.2 Å². The topological polar surface area (TPSA) is 129 Å². The maximum absolute atomic E-state index is 12.5. The molecule has 0 heterocycles. The number of nitrogens with zero attached hydrogens (tertiary/aromatic N) is 2. The minimum absolute atomic E-state index is 0.0865. The Bertz CT molecular complexity index is 1240. The maximum Gasteiger partial charge on any atom is 0.343 e. The maximum atomic E-state index is 12.5. The molecule has 180 valence electrons. The molecule has 3 aromatic carbocycles. The fourth-order valence-electron chi connectivity index (χ4n) is 2.76. The van der Waals surface area contributed by atoms with Gasteiger partial charge in [-0.2, -0.15) is 5.10 Å². The van der Waals surface area contributed by atoms with Gasteiger partial charge in [-0.25, -0.2) is 10.2 Å². The van der Waals surface area contributed by atoms with Gasteiger partial charge in [0, 0.05) is 22.2 Å². The lowest BCUT2D eigenvalue weighted by atomic mass is 10.2. The summed E-state index contributed by atoms with van der Waals surface area (Å²) >= 11 is 3.35. The number of carbonyl (C=O) groups excluding carboxylic acids is 2. The molecule has 0 saturated carbocycles. The zero-order chi connectivity index (χ0) is 25.4. The number of nitro benzene ring substituents is 1. The molecule has 0 aliphatic carbocycles. The van der Waals surface area contributed by atoms with Crippen molar-refractivity contribution in [2.75, 3.05) is 7.11 Å². The van der Waals surface area contributed by atoms with Crippen LogP contribution in [0.5, 0.6) is 17.2 Å². The summed E-state index contributed by atoms with van der Waals surface area (Å²) in [5.74, 6) is 0.0230. The molecule has 10 nitrogen and oxygen atoms in total. The second-order valence-corrected chi connectivity index (χ2v) is 7.96. The zero-order valence-corrected chi connectivity index (χ0v) is 20.2. The van der Waals surface area contributed by atoms with Crippen LogP contribution in [-0.2, 0) is 4.79 Å². The van der Waals surface area contributed by atoms with Gasteiger partial charge in [-0.05, 0) is 61.5 Å².